The monoisotopic (exact) mass is 340 g/mol. The summed E-state index contributed by atoms with van der Waals surface area (Å²) in [6.45, 7) is 2.40. The Morgan fingerprint density at radius 2 is 1.20 bits per heavy atom. The molecule has 128 valence electrons. The summed E-state index contributed by atoms with van der Waals surface area (Å²) in [5.74, 6) is 1.19. The Bertz CT molecular complexity index is 800. The molecule has 0 spiro atoms. The number of aryl methyl sites for hydroxylation is 1. The molecular weight excluding hydrogens is 322 g/mol. The molecule has 0 amide bonds. The first kappa shape index (κ1) is 16.8. The minimum absolute atomic E-state index is 0.265. The molecule has 25 heavy (non-hydrogen) atoms. The zero-order valence-corrected chi connectivity index (χ0v) is 13.8. The van der Waals surface area contributed by atoms with E-state index in [1.165, 1.54) is 12.1 Å². The van der Waals surface area contributed by atoms with E-state index >= 15 is 0 Å². The number of aromatic nitrogens is 2. The Kier molecular flexibility index (Phi) is 5.18. The summed E-state index contributed by atoms with van der Waals surface area (Å²) in [5, 5.41) is 6.17. The summed E-state index contributed by atoms with van der Waals surface area (Å²) < 4.78 is 27.4. The summed E-state index contributed by atoms with van der Waals surface area (Å²) >= 11 is 0. The summed E-state index contributed by atoms with van der Waals surface area (Å²) in [4.78, 5) is 8.58. The molecule has 0 radical (unpaired) electrons. The van der Waals surface area contributed by atoms with Gasteiger partial charge in [-0.05, 0) is 19.1 Å². The third-order valence-electron chi connectivity index (χ3n) is 3.67. The molecule has 1 aromatic heterocycles. The van der Waals surface area contributed by atoms with Gasteiger partial charge in [0.1, 0.15) is 29.1 Å². The third-order valence-corrected chi connectivity index (χ3v) is 3.67. The van der Waals surface area contributed by atoms with Crippen molar-refractivity contribution in [2.24, 2.45) is 0 Å². The number of benzene rings is 2. The van der Waals surface area contributed by atoms with Gasteiger partial charge >= 0.3 is 0 Å². The lowest BCUT2D eigenvalue weighted by Crippen LogP contribution is -2.08. The Morgan fingerprint density at radius 1 is 0.760 bits per heavy atom. The molecule has 0 fully saturated rings. The molecule has 0 saturated heterocycles. The fraction of sp³-hybridized carbons (Fsp3) is 0.158. The second-order valence-electron chi connectivity index (χ2n) is 5.58. The maximum Gasteiger partial charge on any atom is 0.132 e. The molecule has 6 heteroatoms. The molecule has 0 aliphatic rings. The Hall–Kier alpha value is -3.02. The van der Waals surface area contributed by atoms with Crippen molar-refractivity contribution >= 4 is 11.6 Å². The van der Waals surface area contributed by atoms with Crippen LogP contribution in [-0.2, 0) is 13.1 Å². The summed E-state index contributed by atoms with van der Waals surface area (Å²) in [6, 6.07) is 14.9. The molecule has 0 saturated carbocycles. The van der Waals surface area contributed by atoms with Crippen LogP contribution in [0.2, 0.25) is 0 Å². The highest BCUT2D eigenvalue weighted by Gasteiger charge is 2.06. The molecular formula is C19H18F2N4. The highest BCUT2D eigenvalue weighted by Crippen LogP contribution is 2.15. The van der Waals surface area contributed by atoms with Crippen LogP contribution in [0, 0.1) is 18.6 Å². The number of halogens is 2. The summed E-state index contributed by atoms with van der Waals surface area (Å²) in [5.41, 5.74) is 1.11. The van der Waals surface area contributed by atoms with Crippen molar-refractivity contribution in [3.63, 3.8) is 0 Å². The van der Waals surface area contributed by atoms with Gasteiger partial charge in [-0.2, -0.15) is 0 Å². The molecule has 0 aliphatic heterocycles. The topological polar surface area (TPSA) is 49.8 Å². The van der Waals surface area contributed by atoms with E-state index < -0.39 is 0 Å². The van der Waals surface area contributed by atoms with Crippen LogP contribution in [0.4, 0.5) is 20.4 Å². The first-order valence-electron chi connectivity index (χ1n) is 7.92. The minimum Gasteiger partial charge on any atom is -0.366 e. The summed E-state index contributed by atoms with van der Waals surface area (Å²) in [6.07, 6.45) is 0. The van der Waals surface area contributed by atoms with Crippen molar-refractivity contribution in [2.45, 2.75) is 20.0 Å². The smallest absolute Gasteiger partial charge is 0.132 e. The lowest BCUT2D eigenvalue weighted by molar-refractivity contribution is 0.612. The number of hydrogen-bond acceptors (Lipinski definition) is 4. The quantitative estimate of drug-likeness (QED) is 0.703. The fourth-order valence-electron chi connectivity index (χ4n) is 2.40. The molecule has 4 nitrogen and oxygen atoms in total. The van der Waals surface area contributed by atoms with Gasteiger partial charge in [0.25, 0.3) is 0 Å². The van der Waals surface area contributed by atoms with Crippen molar-refractivity contribution in [2.75, 3.05) is 10.6 Å². The van der Waals surface area contributed by atoms with Gasteiger partial charge in [0.05, 0.1) is 0 Å². The minimum atomic E-state index is -0.265. The van der Waals surface area contributed by atoms with E-state index in [2.05, 4.69) is 20.6 Å². The second-order valence-corrected chi connectivity index (χ2v) is 5.58. The van der Waals surface area contributed by atoms with Crippen LogP contribution < -0.4 is 10.6 Å². The average molecular weight is 340 g/mol. The maximum absolute atomic E-state index is 13.7. The van der Waals surface area contributed by atoms with Gasteiger partial charge in [-0.1, -0.05) is 36.4 Å². The molecule has 0 aliphatic carbocycles. The zero-order valence-electron chi connectivity index (χ0n) is 13.8. The van der Waals surface area contributed by atoms with Gasteiger partial charge in [0, 0.05) is 30.3 Å². The van der Waals surface area contributed by atoms with Gasteiger partial charge in [-0.15, -0.1) is 0 Å². The molecule has 0 unspecified atom stereocenters. The first-order valence-corrected chi connectivity index (χ1v) is 7.92. The Morgan fingerprint density at radius 3 is 1.64 bits per heavy atom. The second kappa shape index (κ2) is 7.70. The lowest BCUT2D eigenvalue weighted by Gasteiger charge is -2.11. The lowest BCUT2D eigenvalue weighted by atomic mass is 10.2. The highest BCUT2D eigenvalue weighted by atomic mass is 19.1. The van der Waals surface area contributed by atoms with Gasteiger partial charge in [0.15, 0.2) is 0 Å². The van der Waals surface area contributed by atoms with Gasteiger partial charge < -0.3 is 10.6 Å². The Balaban J connectivity index is 1.68. The van der Waals surface area contributed by atoms with Crippen LogP contribution in [0.3, 0.4) is 0 Å². The number of hydrogen-bond donors (Lipinski definition) is 2. The van der Waals surface area contributed by atoms with E-state index in [9.17, 15) is 8.78 Å². The molecule has 2 N–H and O–H groups in total. The number of rotatable bonds is 6. The zero-order chi connectivity index (χ0) is 17.6. The number of nitrogens with zero attached hydrogens (tertiary/aromatic N) is 2. The van der Waals surface area contributed by atoms with Gasteiger partial charge in [-0.3, -0.25) is 0 Å². The van der Waals surface area contributed by atoms with Crippen LogP contribution in [0.5, 0.6) is 0 Å². The molecule has 3 aromatic rings. The van der Waals surface area contributed by atoms with Crippen LogP contribution in [0.25, 0.3) is 0 Å². The molecule has 3 rings (SSSR count). The van der Waals surface area contributed by atoms with Crippen molar-refractivity contribution in [3.8, 4) is 0 Å². The van der Waals surface area contributed by atoms with Crippen LogP contribution >= 0.6 is 0 Å². The highest BCUT2D eigenvalue weighted by molar-refractivity contribution is 5.48. The third kappa shape index (κ3) is 4.50. The van der Waals surface area contributed by atoms with E-state index in [0.29, 0.717) is 41.7 Å². The normalized spacial score (nSPS) is 10.5. The maximum atomic E-state index is 13.7. The van der Waals surface area contributed by atoms with E-state index in [4.69, 9.17) is 0 Å². The van der Waals surface area contributed by atoms with E-state index in [1.54, 1.807) is 49.4 Å². The van der Waals surface area contributed by atoms with Crippen LogP contribution in [-0.4, -0.2) is 9.97 Å². The SMILES string of the molecule is Cc1nc(NCc2ccccc2F)cc(NCc2ccccc2F)n1. The van der Waals surface area contributed by atoms with Gasteiger partial charge in [0.2, 0.25) is 0 Å². The van der Waals surface area contributed by atoms with E-state index in [-0.39, 0.29) is 11.6 Å². The van der Waals surface area contributed by atoms with Crippen molar-refractivity contribution in [1.29, 1.82) is 0 Å². The van der Waals surface area contributed by atoms with Crippen LogP contribution in [0.1, 0.15) is 17.0 Å². The molecule has 0 atom stereocenters. The predicted molar refractivity (Wildman–Crippen MR) is 94.2 cm³/mol. The largest absolute Gasteiger partial charge is 0.366 e. The Labute approximate surface area is 145 Å². The molecule has 0 bridgehead atoms. The average Bonchev–Trinajstić information content (AvgIpc) is 2.60. The number of anilines is 2. The molecule has 2 aromatic carbocycles. The van der Waals surface area contributed by atoms with Crippen molar-refractivity contribution < 1.29 is 8.78 Å². The van der Waals surface area contributed by atoms with Crippen molar-refractivity contribution in [3.05, 3.63) is 83.2 Å². The standard InChI is InChI=1S/C19H18F2N4/c1-13-24-18(22-11-14-6-2-4-8-16(14)20)10-19(25-13)23-12-15-7-3-5-9-17(15)21/h2-10H,11-12H2,1H3,(H2,22,23,24,25). The van der Waals surface area contributed by atoms with Gasteiger partial charge in [-0.25, -0.2) is 18.7 Å². The van der Waals surface area contributed by atoms with Crippen LogP contribution in [0.15, 0.2) is 54.6 Å². The number of nitrogens with one attached hydrogen (secondary N) is 2. The fourth-order valence-corrected chi connectivity index (χ4v) is 2.40. The predicted octanol–water partition coefficient (Wildman–Crippen LogP) is 4.29. The van der Waals surface area contributed by atoms with E-state index in [0.717, 1.165) is 0 Å². The van der Waals surface area contributed by atoms with Crippen molar-refractivity contribution in [1.82, 2.24) is 9.97 Å². The first-order chi connectivity index (χ1) is 12.1. The van der Waals surface area contributed by atoms with E-state index in [1.807, 2.05) is 0 Å². The summed E-state index contributed by atoms with van der Waals surface area (Å²) in [7, 11) is 0. The molecule has 1 heterocycles.